The molecule has 0 bridgehead atoms. The summed E-state index contributed by atoms with van der Waals surface area (Å²) in [4.78, 5) is 13.9. The van der Waals surface area contributed by atoms with E-state index in [1.54, 1.807) is 6.92 Å². The number of amides is 1. The summed E-state index contributed by atoms with van der Waals surface area (Å²) in [7, 11) is 0. The standard InChI is InChI=1S/C15H21Cl2N3O/c1-10(18)15(21)19-12-4-6-20(7-5-12)9-11-2-3-13(16)14(17)8-11/h2-3,8,10,12H,4-7,9,18H2,1H3,(H,19,21)/t10-/m1/s1. The van der Waals surface area contributed by atoms with Gasteiger partial charge in [0.15, 0.2) is 0 Å². The minimum Gasteiger partial charge on any atom is -0.352 e. The summed E-state index contributed by atoms with van der Waals surface area (Å²) in [6.07, 6.45) is 1.89. The smallest absolute Gasteiger partial charge is 0.236 e. The average Bonchev–Trinajstić information content (AvgIpc) is 2.45. The minimum absolute atomic E-state index is 0.0714. The molecular weight excluding hydrogens is 309 g/mol. The second-order valence-corrected chi connectivity index (χ2v) is 6.41. The van der Waals surface area contributed by atoms with Gasteiger partial charge in [0.2, 0.25) is 5.91 Å². The van der Waals surface area contributed by atoms with Crippen LogP contribution in [0.25, 0.3) is 0 Å². The third kappa shape index (κ3) is 4.85. The Balaban J connectivity index is 1.81. The Bertz CT molecular complexity index is 500. The molecule has 1 atom stereocenters. The van der Waals surface area contributed by atoms with E-state index in [9.17, 15) is 4.79 Å². The highest BCUT2D eigenvalue weighted by Gasteiger charge is 2.21. The van der Waals surface area contributed by atoms with E-state index in [1.807, 2.05) is 18.2 Å². The maximum Gasteiger partial charge on any atom is 0.236 e. The van der Waals surface area contributed by atoms with Crippen LogP contribution in [0, 0.1) is 0 Å². The predicted molar refractivity (Wildman–Crippen MR) is 86.6 cm³/mol. The fraction of sp³-hybridized carbons (Fsp3) is 0.533. The summed E-state index contributed by atoms with van der Waals surface area (Å²) in [6, 6.07) is 5.52. The van der Waals surface area contributed by atoms with E-state index in [1.165, 1.54) is 0 Å². The third-order valence-electron chi connectivity index (χ3n) is 3.74. The number of piperidine rings is 1. The highest BCUT2D eigenvalue weighted by molar-refractivity contribution is 6.42. The number of nitrogens with one attached hydrogen (secondary N) is 1. The second kappa shape index (κ2) is 7.45. The average molecular weight is 330 g/mol. The molecule has 1 fully saturated rings. The lowest BCUT2D eigenvalue weighted by Gasteiger charge is -2.32. The number of nitrogens with zero attached hydrogens (tertiary/aromatic N) is 1. The minimum atomic E-state index is -0.445. The van der Waals surface area contributed by atoms with Crippen molar-refractivity contribution >= 4 is 29.1 Å². The first-order valence-electron chi connectivity index (χ1n) is 7.18. The molecule has 2 rings (SSSR count). The monoisotopic (exact) mass is 329 g/mol. The number of rotatable bonds is 4. The zero-order valence-corrected chi connectivity index (χ0v) is 13.6. The molecule has 1 aliphatic rings. The van der Waals surface area contributed by atoms with E-state index >= 15 is 0 Å². The van der Waals surface area contributed by atoms with Crippen LogP contribution < -0.4 is 11.1 Å². The summed E-state index contributed by atoms with van der Waals surface area (Å²) in [6.45, 7) is 4.45. The Morgan fingerprint density at radius 3 is 2.62 bits per heavy atom. The van der Waals surface area contributed by atoms with Gasteiger partial charge in [-0.3, -0.25) is 9.69 Å². The number of carbonyl (C=O) groups excluding carboxylic acids is 1. The number of benzene rings is 1. The summed E-state index contributed by atoms with van der Waals surface area (Å²) in [5.41, 5.74) is 6.72. The van der Waals surface area contributed by atoms with Gasteiger partial charge in [-0.05, 0) is 37.5 Å². The molecule has 1 heterocycles. The van der Waals surface area contributed by atoms with Crippen molar-refractivity contribution in [2.75, 3.05) is 13.1 Å². The zero-order valence-electron chi connectivity index (χ0n) is 12.1. The van der Waals surface area contributed by atoms with Gasteiger partial charge in [0.25, 0.3) is 0 Å². The first-order chi connectivity index (χ1) is 9.95. The van der Waals surface area contributed by atoms with Crippen molar-refractivity contribution in [3.8, 4) is 0 Å². The van der Waals surface area contributed by atoms with Crippen LogP contribution in [0.15, 0.2) is 18.2 Å². The molecule has 0 aromatic heterocycles. The van der Waals surface area contributed by atoms with Crippen LogP contribution in [0.1, 0.15) is 25.3 Å². The second-order valence-electron chi connectivity index (χ2n) is 5.60. The van der Waals surface area contributed by atoms with Crippen molar-refractivity contribution < 1.29 is 4.79 Å². The summed E-state index contributed by atoms with van der Waals surface area (Å²) in [5.74, 6) is -0.0714. The van der Waals surface area contributed by atoms with E-state index in [2.05, 4.69) is 10.2 Å². The Hall–Kier alpha value is -0.810. The molecule has 1 amide bonds. The van der Waals surface area contributed by atoms with Crippen LogP contribution in [0.4, 0.5) is 0 Å². The van der Waals surface area contributed by atoms with Crippen LogP contribution in [-0.2, 0) is 11.3 Å². The van der Waals surface area contributed by atoms with Crippen LogP contribution in [0.3, 0.4) is 0 Å². The number of hydrogen-bond donors (Lipinski definition) is 2. The Morgan fingerprint density at radius 2 is 2.05 bits per heavy atom. The van der Waals surface area contributed by atoms with Gasteiger partial charge in [0.1, 0.15) is 0 Å². The van der Waals surface area contributed by atoms with Crippen molar-refractivity contribution in [3.63, 3.8) is 0 Å². The molecule has 0 saturated carbocycles. The van der Waals surface area contributed by atoms with Gasteiger partial charge in [0, 0.05) is 25.7 Å². The molecule has 1 saturated heterocycles. The van der Waals surface area contributed by atoms with Gasteiger partial charge in [-0.2, -0.15) is 0 Å². The van der Waals surface area contributed by atoms with Gasteiger partial charge >= 0.3 is 0 Å². The van der Waals surface area contributed by atoms with E-state index in [4.69, 9.17) is 28.9 Å². The van der Waals surface area contributed by atoms with Crippen LogP contribution in [0.2, 0.25) is 10.0 Å². The first-order valence-corrected chi connectivity index (χ1v) is 7.93. The lowest BCUT2D eigenvalue weighted by Crippen LogP contribution is -2.48. The van der Waals surface area contributed by atoms with Crippen molar-refractivity contribution in [2.24, 2.45) is 5.73 Å². The first kappa shape index (κ1) is 16.6. The van der Waals surface area contributed by atoms with Gasteiger partial charge in [-0.1, -0.05) is 29.3 Å². The molecule has 1 aliphatic heterocycles. The van der Waals surface area contributed by atoms with Gasteiger partial charge in [-0.15, -0.1) is 0 Å². The molecule has 1 aromatic rings. The molecule has 6 heteroatoms. The maximum absolute atomic E-state index is 11.6. The van der Waals surface area contributed by atoms with Crippen molar-refractivity contribution in [3.05, 3.63) is 33.8 Å². The fourth-order valence-electron chi connectivity index (χ4n) is 2.46. The van der Waals surface area contributed by atoms with Gasteiger partial charge in [-0.25, -0.2) is 0 Å². The molecule has 116 valence electrons. The topological polar surface area (TPSA) is 58.4 Å². The van der Waals surface area contributed by atoms with E-state index in [0.29, 0.717) is 10.0 Å². The molecule has 1 aromatic carbocycles. The molecule has 0 aliphatic carbocycles. The number of hydrogen-bond acceptors (Lipinski definition) is 3. The van der Waals surface area contributed by atoms with Crippen molar-refractivity contribution in [2.45, 2.75) is 38.4 Å². The SMILES string of the molecule is C[C@@H](N)C(=O)NC1CCN(Cc2ccc(Cl)c(Cl)c2)CC1. The maximum atomic E-state index is 11.6. The molecular formula is C15H21Cl2N3O. The van der Waals surface area contributed by atoms with Crippen LogP contribution in [0.5, 0.6) is 0 Å². The third-order valence-corrected chi connectivity index (χ3v) is 4.48. The normalized spacial score (nSPS) is 18.5. The van der Waals surface area contributed by atoms with Crippen molar-refractivity contribution in [1.29, 1.82) is 0 Å². The number of likely N-dealkylation sites (tertiary alicyclic amines) is 1. The summed E-state index contributed by atoms with van der Waals surface area (Å²) >= 11 is 12.0. The number of halogens is 2. The lowest BCUT2D eigenvalue weighted by molar-refractivity contribution is -0.123. The van der Waals surface area contributed by atoms with Crippen LogP contribution >= 0.6 is 23.2 Å². The molecule has 0 spiro atoms. The van der Waals surface area contributed by atoms with E-state index in [-0.39, 0.29) is 11.9 Å². The predicted octanol–water partition coefficient (Wildman–Crippen LogP) is 2.42. The fourth-order valence-corrected chi connectivity index (χ4v) is 2.78. The van der Waals surface area contributed by atoms with Gasteiger partial charge in [0.05, 0.1) is 16.1 Å². The highest BCUT2D eigenvalue weighted by atomic mass is 35.5. The molecule has 4 nitrogen and oxygen atoms in total. The summed E-state index contributed by atoms with van der Waals surface area (Å²) < 4.78 is 0. The molecule has 0 radical (unpaired) electrons. The van der Waals surface area contributed by atoms with Gasteiger partial charge < -0.3 is 11.1 Å². The molecule has 21 heavy (non-hydrogen) atoms. The van der Waals surface area contributed by atoms with E-state index in [0.717, 1.165) is 38.0 Å². The largest absolute Gasteiger partial charge is 0.352 e. The van der Waals surface area contributed by atoms with Crippen LogP contribution in [-0.4, -0.2) is 36.0 Å². The summed E-state index contributed by atoms with van der Waals surface area (Å²) in [5, 5.41) is 4.16. The Labute approximate surface area is 135 Å². The Morgan fingerprint density at radius 1 is 1.38 bits per heavy atom. The molecule has 3 N–H and O–H groups in total. The quantitative estimate of drug-likeness (QED) is 0.891. The lowest BCUT2D eigenvalue weighted by atomic mass is 10.0. The highest BCUT2D eigenvalue weighted by Crippen LogP contribution is 2.24. The number of nitrogens with two attached hydrogens (primary N) is 1. The number of carbonyl (C=O) groups is 1. The molecule has 0 unspecified atom stereocenters. The zero-order chi connectivity index (χ0) is 15.4. The Kier molecular flexibility index (Phi) is 5.88. The van der Waals surface area contributed by atoms with E-state index < -0.39 is 6.04 Å². The van der Waals surface area contributed by atoms with Crippen molar-refractivity contribution in [1.82, 2.24) is 10.2 Å².